The third-order valence-corrected chi connectivity index (χ3v) is 4.07. The lowest BCUT2D eigenvalue weighted by molar-refractivity contribution is -0.140. The van der Waals surface area contributed by atoms with Crippen molar-refractivity contribution in [2.45, 2.75) is 17.5 Å². The molecule has 1 aromatic heterocycles. The van der Waals surface area contributed by atoms with Gasteiger partial charge in [-0.15, -0.1) is 0 Å². The van der Waals surface area contributed by atoms with Gasteiger partial charge in [-0.05, 0) is 0 Å². The van der Waals surface area contributed by atoms with E-state index in [9.17, 15) is 18.0 Å². The molecule has 19 heavy (non-hydrogen) atoms. The van der Waals surface area contributed by atoms with Gasteiger partial charge in [0, 0.05) is 7.05 Å². The summed E-state index contributed by atoms with van der Waals surface area (Å²) >= 11 is 5.66. The van der Waals surface area contributed by atoms with Crippen LogP contribution in [-0.2, 0) is 26.7 Å². The van der Waals surface area contributed by atoms with E-state index in [1.165, 1.54) is 7.05 Å². The molecule has 11 heteroatoms. The Bertz CT molecular complexity index is 591. The minimum Gasteiger partial charge on any atom is -0.480 e. The zero-order valence-corrected chi connectivity index (χ0v) is 11.3. The maximum Gasteiger partial charge on any atom is 0.322 e. The van der Waals surface area contributed by atoms with E-state index >= 15 is 0 Å². The molecule has 1 aromatic rings. The summed E-state index contributed by atoms with van der Waals surface area (Å²) in [6.07, 6.45) is 0.421. The number of hydrogen-bond acceptors (Lipinski definition) is 5. The SMILES string of the molecule is Cn1ncc(Cl)c1S(=O)(=O)NC(CC(N)=O)C(=O)O. The van der Waals surface area contributed by atoms with Crippen LogP contribution in [-0.4, -0.2) is 41.2 Å². The van der Waals surface area contributed by atoms with Crippen molar-refractivity contribution in [1.29, 1.82) is 0 Å². The van der Waals surface area contributed by atoms with E-state index in [1.54, 1.807) is 0 Å². The molecule has 1 amide bonds. The van der Waals surface area contributed by atoms with Crippen molar-refractivity contribution in [1.82, 2.24) is 14.5 Å². The van der Waals surface area contributed by atoms with Gasteiger partial charge in [0.15, 0.2) is 5.03 Å². The second kappa shape index (κ2) is 5.55. The third kappa shape index (κ3) is 3.66. The van der Waals surface area contributed by atoms with Crippen molar-refractivity contribution < 1.29 is 23.1 Å². The molecular formula is C8H11ClN4O5S. The van der Waals surface area contributed by atoms with Crippen LogP contribution in [0.3, 0.4) is 0 Å². The first-order chi connectivity index (χ1) is 8.65. The Hall–Kier alpha value is -1.65. The molecule has 0 fully saturated rings. The quantitative estimate of drug-likeness (QED) is 0.594. The topological polar surface area (TPSA) is 144 Å². The van der Waals surface area contributed by atoms with Gasteiger partial charge >= 0.3 is 5.97 Å². The zero-order chi connectivity index (χ0) is 14.8. The predicted molar refractivity (Wildman–Crippen MR) is 63.8 cm³/mol. The number of rotatable bonds is 6. The molecule has 0 bridgehead atoms. The second-order valence-corrected chi connectivity index (χ2v) is 5.64. The van der Waals surface area contributed by atoms with E-state index in [-0.39, 0.29) is 5.02 Å². The molecule has 4 N–H and O–H groups in total. The number of nitrogens with two attached hydrogens (primary N) is 1. The zero-order valence-electron chi connectivity index (χ0n) is 9.70. The van der Waals surface area contributed by atoms with Gasteiger partial charge in [-0.25, -0.2) is 8.42 Å². The maximum absolute atomic E-state index is 12.0. The van der Waals surface area contributed by atoms with Crippen molar-refractivity contribution >= 4 is 33.5 Å². The molecule has 1 atom stereocenters. The first-order valence-corrected chi connectivity index (χ1v) is 6.72. The number of amides is 1. The summed E-state index contributed by atoms with van der Waals surface area (Å²) in [6, 6.07) is -1.67. The van der Waals surface area contributed by atoms with Crippen LogP contribution in [0.5, 0.6) is 0 Å². The fourth-order valence-corrected chi connectivity index (χ4v) is 3.17. The Morgan fingerprint density at radius 2 is 2.21 bits per heavy atom. The van der Waals surface area contributed by atoms with Crippen LogP contribution < -0.4 is 10.5 Å². The molecule has 1 heterocycles. The Kier molecular flexibility index (Phi) is 4.50. The number of halogens is 1. The Morgan fingerprint density at radius 1 is 1.63 bits per heavy atom. The molecule has 0 saturated heterocycles. The summed E-state index contributed by atoms with van der Waals surface area (Å²) in [5, 5.41) is 11.9. The monoisotopic (exact) mass is 310 g/mol. The summed E-state index contributed by atoms with van der Waals surface area (Å²) in [7, 11) is -2.91. The van der Waals surface area contributed by atoms with Crippen molar-refractivity contribution in [3.8, 4) is 0 Å². The normalized spacial score (nSPS) is 13.2. The summed E-state index contributed by atoms with van der Waals surface area (Å²) < 4.78 is 26.7. The van der Waals surface area contributed by atoms with E-state index in [4.69, 9.17) is 22.4 Å². The highest BCUT2D eigenvalue weighted by molar-refractivity contribution is 7.89. The first-order valence-electron chi connectivity index (χ1n) is 4.86. The standard InChI is InChI=1S/C8H11ClN4O5S/c1-13-7(4(9)3-11-13)19(17,18)12-5(8(15)16)2-6(10)14/h3,5,12H,2H2,1H3,(H2,10,14)(H,15,16). The lowest BCUT2D eigenvalue weighted by atomic mass is 10.2. The Balaban J connectivity index is 3.08. The van der Waals surface area contributed by atoms with E-state index in [0.29, 0.717) is 0 Å². The van der Waals surface area contributed by atoms with Crippen molar-refractivity contribution in [2.24, 2.45) is 12.8 Å². The fourth-order valence-electron chi connectivity index (χ4n) is 1.33. The van der Waals surface area contributed by atoms with Crippen LogP contribution in [0.15, 0.2) is 11.2 Å². The van der Waals surface area contributed by atoms with E-state index in [1.807, 2.05) is 4.72 Å². The summed E-state index contributed by atoms with van der Waals surface area (Å²) in [5.41, 5.74) is 4.85. The second-order valence-electron chi connectivity index (χ2n) is 3.60. The largest absolute Gasteiger partial charge is 0.480 e. The predicted octanol–water partition coefficient (Wildman–Crippen LogP) is -1.32. The molecule has 1 unspecified atom stereocenters. The minimum absolute atomic E-state index is 0.168. The van der Waals surface area contributed by atoms with Crippen molar-refractivity contribution in [2.75, 3.05) is 0 Å². The number of nitrogens with zero attached hydrogens (tertiary/aromatic N) is 2. The lowest BCUT2D eigenvalue weighted by Gasteiger charge is -2.13. The highest BCUT2D eigenvalue weighted by Gasteiger charge is 2.30. The van der Waals surface area contributed by atoms with Crippen LogP contribution in [0.1, 0.15) is 6.42 Å². The molecule has 0 radical (unpaired) electrons. The van der Waals surface area contributed by atoms with Crippen molar-refractivity contribution in [3.63, 3.8) is 0 Å². The molecule has 1 rings (SSSR count). The highest BCUT2D eigenvalue weighted by atomic mass is 35.5. The molecule has 0 spiro atoms. The number of hydrogen-bond donors (Lipinski definition) is 3. The summed E-state index contributed by atoms with van der Waals surface area (Å²) in [4.78, 5) is 21.6. The number of sulfonamides is 1. The molecule has 0 aromatic carbocycles. The molecule has 0 saturated carbocycles. The number of carboxylic acid groups (broad SMARTS) is 1. The van der Waals surface area contributed by atoms with Crippen LogP contribution >= 0.6 is 11.6 Å². The number of carbonyl (C=O) groups is 2. The average Bonchev–Trinajstić information content (AvgIpc) is 2.56. The van der Waals surface area contributed by atoms with Gasteiger partial charge in [0.1, 0.15) is 6.04 Å². The Morgan fingerprint density at radius 3 is 2.58 bits per heavy atom. The van der Waals surface area contributed by atoms with Gasteiger partial charge < -0.3 is 10.8 Å². The third-order valence-electron chi connectivity index (χ3n) is 2.10. The fraction of sp³-hybridized carbons (Fsp3) is 0.375. The number of carboxylic acids is 1. The molecule has 0 aliphatic heterocycles. The lowest BCUT2D eigenvalue weighted by Crippen LogP contribution is -2.43. The van der Waals surface area contributed by atoms with Crippen LogP contribution in [0.2, 0.25) is 5.02 Å². The number of carbonyl (C=O) groups excluding carboxylic acids is 1. The van der Waals surface area contributed by atoms with E-state index in [2.05, 4.69) is 5.10 Å². The van der Waals surface area contributed by atoms with Crippen LogP contribution in [0.25, 0.3) is 0 Å². The molecule has 0 aliphatic rings. The number of aromatic nitrogens is 2. The highest BCUT2D eigenvalue weighted by Crippen LogP contribution is 2.20. The van der Waals surface area contributed by atoms with Gasteiger partial charge in [-0.1, -0.05) is 11.6 Å². The Labute approximate surface area is 113 Å². The first kappa shape index (κ1) is 15.4. The number of primary amides is 1. The maximum atomic E-state index is 12.0. The van der Waals surface area contributed by atoms with Gasteiger partial charge in [0.25, 0.3) is 10.0 Å². The molecular weight excluding hydrogens is 300 g/mol. The van der Waals surface area contributed by atoms with E-state index < -0.39 is 39.4 Å². The van der Waals surface area contributed by atoms with Crippen LogP contribution in [0, 0.1) is 0 Å². The van der Waals surface area contributed by atoms with E-state index in [0.717, 1.165) is 10.9 Å². The number of nitrogens with one attached hydrogen (secondary N) is 1. The molecule has 106 valence electrons. The number of aryl methyl sites for hydroxylation is 1. The van der Waals surface area contributed by atoms with Gasteiger partial charge in [-0.3, -0.25) is 14.3 Å². The molecule has 9 nitrogen and oxygen atoms in total. The van der Waals surface area contributed by atoms with Crippen LogP contribution in [0.4, 0.5) is 0 Å². The van der Waals surface area contributed by atoms with Gasteiger partial charge in [0.05, 0.1) is 17.6 Å². The summed E-state index contributed by atoms with van der Waals surface area (Å²) in [6.45, 7) is 0. The smallest absolute Gasteiger partial charge is 0.322 e. The van der Waals surface area contributed by atoms with Crippen molar-refractivity contribution in [3.05, 3.63) is 11.2 Å². The number of aliphatic carboxylic acids is 1. The molecule has 0 aliphatic carbocycles. The van der Waals surface area contributed by atoms with Gasteiger partial charge in [0.2, 0.25) is 5.91 Å². The summed E-state index contributed by atoms with van der Waals surface area (Å²) in [5.74, 6) is -2.48. The minimum atomic E-state index is -4.24. The van der Waals surface area contributed by atoms with Gasteiger partial charge in [-0.2, -0.15) is 9.82 Å². The average molecular weight is 311 g/mol.